The first-order chi connectivity index (χ1) is 13.6. The van der Waals surface area contributed by atoms with Crippen molar-refractivity contribution < 1.29 is 18.7 Å². The number of para-hydroxylation sites is 1. The van der Waals surface area contributed by atoms with Crippen molar-refractivity contribution in [3.63, 3.8) is 0 Å². The first-order valence-corrected chi connectivity index (χ1v) is 9.37. The third-order valence-electron chi connectivity index (χ3n) is 4.08. The van der Waals surface area contributed by atoms with Crippen LogP contribution in [0.1, 0.15) is 17.3 Å². The van der Waals surface area contributed by atoms with Gasteiger partial charge in [0, 0.05) is 5.39 Å². The fourth-order valence-corrected chi connectivity index (χ4v) is 3.62. The van der Waals surface area contributed by atoms with Crippen molar-refractivity contribution in [2.75, 3.05) is 11.9 Å². The van der Waals surface area contributed by atoms with Crippen molar-refractivity contribution in [1.82, 2.24) is 9.55 Å². The maximum atomic E-state index is 12.7. The fourth-order valence-electron chi connectivity index (χ4n) is 2.82. The van der Waals surface area contributed by atoms with Gasteiger partial charge in [-0.15, -0.1) is 11.3 Å². The Balaban J connectivity index is 1.59. The molecular weight excluding hydrogens is 382 g/mol. The molecule has 0 aliphatic rings. The molecule has 28 heavy (non-hydrogen) atoms. The van der Waals surface area contributed by atoms with Crippen LogP contribution in [-0.4, -0.2) is 28.0 Å². The quantitative estimate of drug-likeness (QED) is 0.519. The minimum atomic E-state index is -0.512. The van der Waals surface area contributed by atoms with Gasteiger partial charge in [-0.25, -0.2) is 9.78 Å². The number of thiophene rings is 1. The number of ether oxygens (including phenoxy) is 1. The van der Waals surface area contributed by atoms with Crippen LogP contribution in [0.3, 0.4) is 0 Å². The van der Waals surface area contributed by atoms with Gasteiger partial charge in [0.2, 0.25) is 11.5 Å². The maximum absolute atomic E-state index is 12.7. The smallest absolute Gasteiger partial charge is 0.341 e. The van der Waals surface area contributed by atoms with Crippen LogP contribution in [0, 0.1) is 0 Å². The third kappa shape index (κ3) is 3.16. The second kappa shape index (κ2) is 7.28. The Bertz CT molecular complexity index is 1250. The van der Waals surface area contributed by atoms with Gasteiger partial charge in [0.25, 0.3) is 5.56 Å². The monoisotopic (exact) mass is 397 g/mol. The van der Waals surface area contributed by atoms with E-state index >= 15 is 0 Å². The lowest BCUT2D eigenvalue weighted by molar-refractivity contribution is -0.116. The van der Waals surface area contributed by atoms with E-state index in [1.165, 1.54) is 17.7 Å². The lowest BCUT2D eigenvalue weighted by Crippen LogP contribution is -2.27. The van der Waals surface area contributed by atoms with E-state index in [-0.39, 0.29) is 24.3 Å². The first kappa shape index (κ1) is 17.9. The van der Waals surface area contributed by atoms with E-state index in [1.807, 2.05) is 12.1 Å². The van der Waals surface area contributed by atoms with Crippen LogP contribution >= 0.6 is 11.3 Å². The standard InChI is InChI=1S/C19H15N3O5S/c1-2-26-19(25)12-7-8-28-17(12)21-14(23)9-22-10-20-15-11-5-3-4-6-13(11)27-16(15)18(22)24/h3-8,10H,2,9H2,1H3,(H,21,23). The predicted molar refractivity (Wildman–Crippen MR) is 105 cm³/mol. The molecule has 0 radical (unpaired) electrons. The molecular formula is C19H15N3O5S. The Morgan fingerprint density at radius 3 is 2.93 bits per heavy atom. The maximum Gasteiger partial charge on any atom is 0.341 e. The molecule has 9 heteroatoms. The highest BCUT2D eigenvalue weighted by Crippen LogP contribution is 2.25. The zero-order chi connectivity index (χ0) is 19.7. The largest absolute Gasteiger partial charge is 0.462 e. The molecule has 1 amide bonds. The molecule has 0 bridgehead atoms. The summed E-state index contributed by atoms with van der Waals surface area (Å²) in [6, 6.07) is 8.78. The van der Waals surface area contributed by atoms with Gasteiger partial charge in [0.15, 0.2) is 0 Å². The summed E-state index contributed by atoms with van der Waals surface area (Å²) in [5.41, 5.74) is 0.938. The van der Waals surface area contributed by atoms with Gasteiger partial charge in [-0.2, -0.15) is 0 Å². The van der Waals surface area contributed by atoms with Crippen LogP contribution in [0.2, 0.25) is 0 Å². The van der Waals surface area contributed by atoms with E-state index in [4.69, 9.17) is 9.15 Å². The van der Waals surface area contributed by atoms with Gasteiger partial charge in [0.05, 0.1) is 18.5 Å². The second-order valence-electron chi connectivity index (χ2n) is 5.89. The van der Waals surface area contributed by atoms with Gasteiger partial charge in [-0.05, 0) is 30.5 Å². The normalized spacial score (nSPS) is 11.0. The molecule has 4 aromatic rings. The number of hydrogen-bond acceptors (Lipinski definition) is 7. The lowest BCUT2D eigenvalue weighted by Gasteiger charge is -2.07. The van der Waals surface area contributed by atoms with Gasteiger partial charge in [-0.3, -0.25) is 14.2 Å². The van der Waals surface area contributed by atoms with Gasteiger partial charge < -0.3 is 14.5 Å². The first-order valence-electron chi connectivity index (χ1n) is 8.49. The zero-order valence-electron chi connectivity index (χ0n) is 14.8. The number of carbonyl (C=O) groups is 2. The Hall–Kier alpha value is -3.46. The SMILES string of the molecule is CCOC(=O)c1ccsc1NC(=O)Cn1cnc2c(oc3ccccc32)c1=O. The lowest BCUT2D eigenvalue weighted by atomic mass is 10.2. The van der Waals surface area contributed by atoms with Gasteiger partial charge in [-0.1, -0.05) is 12.1 Å². The number of carbonyl (C=O) groups excluding carboxylic acids is 2. The highest BCUT2D eigenvalue weighted by molar-refractivity contribution is 7.14. The molecule has 0 fully saturated rings. The van der Waals surface area contributed by atoms with Crippen LogP contribution in [0.5, 0.6) is 0 Å². The number of aromatic nitrogens is 2. The second-order valence-corrected chi connectivity index (χ2v) is 6.80. The van der Waals surface area contributed by atoms with E-state index in [1.54, 1.807) is 30.5 Å². The summed E-state index contributed by atoms with van der Waals surface area (Å²) in [6.07, 6.45) is 1.31. The average Bonchev–Trinajstić information content (AvgIpc) is 3.29. The summed E-state index contributed by atoms with van der Waals surface area (Å²) < 4.78 is 11.7. The Morgan fingerprint density at radius 2 is 2.11 bits per heavy atom. The summed E-state index contributed by atoms with van der Waals surface area (Å²) >= 11 is 1.20. The van der Waals surface area contributed by atoms with Crippen LogP contribution in [0.15, 0.2) is 51.3 Å². The molecule has 3 aromatic heterocycles. The number of anilines is 1. The number of nitrogens with one attached hydrogen (secondary N) is 1. The third-order valence-corrected chi connectivity index (χ3v) is 4.91. The van der Waals surface area contributed by atoms with E-state index in [0.717, 1.165) is 9.95 Å². The van der Waals surface area contributed by atoms with Crippen molar-refractivity contribution in [2.45, 2.75) is 13.5 Å². The summed E-state index contributed by atoms with van der Waals surface area (Å²) in [4.78, 5) is 41.2. The molecule has 3 heterocycles. The van der Waals surface area contributed by atoms with Crippen molar-refractivity contribution >= 4 is 50.3 Å². The average molecular weight is 397 g/mol. The summed E-state index contributed by atoms with van der Waals surface area (Å²) in [5, 5.41) is 5.43. The van der Waals surface area contributed by atoms with Crippen molar-refractivity contribution in [2.24, 2.45) is 0 Å². The molecule has 0 spiro atoms. The number of amides is 1. The van der Waals surface area contributed by atoms with Crippen LogP contribution in [0.25, 0.3) is 22.1 Å². The highest BCUT2D eigenvalue weighted by Gasteiger charge is 2.18. The van der Waals surface area contributed by atoms with Gasteiger partial charge in [0.1, 0.15) is 22.6 Å². The molecule has 142 valence electrons. The Kier molecular flexibility index (Phi) is 4.66. The molecule has 0 unspecified atom stereocenters. The van der Waals surface area contributed by atoms with Gasteiger partial charge >= 0.3 is 5.97 Å². The highest BCUT2D eigenvalue weighted by atomic mass is 32.1. The van der Waals surface area contributed by atoms with Crippen molar-refractivity contribution in [3.05, 3.63) is 58.0 Å². The molecule has 0 atom stereocenters. The zero-order valence-corrected chi connectivity index (χ0v) is 15.6. The summed E-state index contributed by atoms with van der Waals surface area (Å²) in [6.45, 7) is 1.68. The summed E-state index contributed by atoms with van der Waals surface area (Å²) in [7, 11) is 0. The van der Waals surface area contributed by atoms with Crippen LogP contribution in [0.4, 0.5) is 5.00 Å². The number of hydrogen-bond donors (Lipinski definition) is 1. The molecule has 0 aliphatic heterocycles. The number of fused-ring (bicyclic) bond motifs is 3. The number of furan rings is 1. The molecule has 8 nitrogen and oxygen atoms in total. The fraction of sp³-hybridized carbons (Fsp3) is 0.158. The number of benzene rings is 1. The molecule has 4 rings (SSSR count). The predicted octanol–water partition coefficient (Wildman–Crippen LogP) is 3.02. The minimum Gasteiger partial charge on any atom is -0.462 e. The molecule has 0 saturated carbocycles. The van der Waals surface area contributed by atoms with Crippen LogP contribution in [-0.2, 0) is 16.1 Å². The van der Waals surface area contributed by atoms with E-state index < -0.39 is 17.4 Å². The number of nitrogens with zero attached hydrogens (tertiary/aromatic N) is 2. The molecule has 0 saturated heterocycles. The number of esters is 1. The molecule has 0 aliphatic carbocycles. The summed E-state index contributed by atoms with van der Waals surface area (Å²) in [5.74, 6) is -0.978. The van der Waals surface area contributed by atoms with E-state index in [2.05, 4.69) is 10.3 Å². The molecule has 1 aromatic carbocycles. The van der Waals surface area contributed by atoms with Crippen molar-refractivity contribution in [1.29, 1.82) is 0 Å². The number of rotatable bonds is 5. The van der Waals surface area contributed by atoms with Crippen molar-refractivity contribution in [3.8, 4) is 0 Å². The van der Waals surface area contributed by atoms with Crippen LogP contribution < -0.4 is 10.9 Å². The Labute approximate surface area is 162 Å². The molecule has 1 N–H and O–H groups in total. The topological polar surface area (TPSA) is 103 Å². The Morgan fingerprint density at radius 1 is 1.29 bits per heavy atom. The van der Waals surface area contributed by atoms with E-state index in [9.17, 15) is 14.4 Å². The van der Waals surface area contributed by atoms with E-state index in [0.29, 0.717) is 16.1 Å². The minimum absolute atomic E-state index is 0.0971.